The van der Waals surface area contributed by atoms with Crippen molar-refractivity contribution in [2.75, 3.05) is 20.2 Å². The van der Waals surface area contributed by atoms with Crippen LogP contribution < -0.4 is 10.6 Å². The van der Waals surface area contributed by atoms with Crippen molar-refractivity contribution in [3.05, 3.63) is 94.6 Å². The number of halogens is 3. The summed E-state index contributed by atoms with van der Waals surface area (Å²) in [4.78, 5) is 27.2. The average molecular weight is 522 g/mol. The van der Waals surface area contributed by atoms with Crippen LogP contribution in [0.1, 0.15) is 32.4 Å². The Bertz CT molecular complexity index is 1380. The van der Waals surface area contributed by atoms with Gasteiger partial charge >= 0.3 is 6.09 Å². The fourth-order valence-electron chi connectivity index (χ4n) is 3.45. The molecule has 0 aliphatic carbocycles. The van der Waals surface area contributed by atoms with Crippen LogP contribution in [0.25, 0.3) is 0 Å². The molecule has 0 saturated carbocycles. The number of methoxy groups -OCH3 is 1. The van der Waals surface area contributed by atoms with Crippen molar-refractivity contribution in [3.63, 3.8) is 0 Å². The molecule has 8 nitrogen and oxygen atoms in total. The summed E-state index contributed by atoms with van der Waals surface area (Å²) in [5.74, 6) is -3.09. The van der Waals surface area contributed by atoms with E-state index in [1.165, 1.54) is 20.1 Å². The zero-order valence-electron chi connectivity index (χ0n) is 19.2. The highest BCUT2D eigenvalue weighted by molar-refractivity contribution is 7.92. The molecule has 1 heterocycles. The van der Waals surface area contributed by atoms with Crippen LogP contribution in [0.4, 0.5) is 18.0 Å². The van der Waals surface area contributed by atoms with Crippen LogP contribution in [0.2, 0.25) is 0 Å². The molecular weight excluding hydrogens is 499 g/mol. The molecule has 1 unspecified atom stereocenters. The van der Waals surface area contributed by atoms with Crippen molar-refractivity contribution in [3.8, 4) is 0 Å². The predicted octanol–water partition coefficient (Wildman–Crippen LogP) is 3.46. The second kappa shape index (κ2) is 11.2. The first kappa shape index (κ1) is 26.7. The largest absolute Gasteiger partial charge is 0.453 e. The summed E-state index contributed by atoms with van der Waals surface area (Å²) in [7, 11) is -3.22. The molecule has 36 heavy (non-hydrogen) atoms. The van der Waals surface area contributed by atoms with E-state index in [4.69, 9.17) is 0 Å². The smallest absolute Gasteiger partial charge is 0.406 e. The predicted molar refractivity (Wildman–Crippen MR) is 124 cm³/mol. The minimum absolute atomic E-state index is 0.00716. The number of benzene rings is 2. The van der Waals surface area contributed by atoms with Crippen molar-refractivity contribution in [1.82, 2.24) is 15.6 Å². The van der Waals surface area contributed by atoms with Crippen LogP contribution in [0.15, 0.2) is 59.6 Å². The molecule has 1 aromatic heterocycles. The number of hydrogen-bond acceptors (Lipinski definition) is 6. The zero-order valence-corrected chi connectivity index (χ0v) is 20.0. The lowest BCUT2D eigenvalue weighted by atomic mass is 10.0. The Morgan fingerprint density at radius 2 is 1.58 bits per heavy atom. The molecule has 1 atom stereocenters. The van der Waals surface area contributed by atoms with Gasteiger partial charge in [-0.2, -0.15) is 0 Å². The van der Waals surface area contributed by atoms with Crippen LogP contribution in [0, 0.1) is 24.4 Å². The molecule has 12 heteroatoms. The first-order chi connectivity index (χ1) is 17.0. The number of sulfone groups is 1. The van der Waals surface area contributed by atoms with E-state index in [-0.39, 0.29) is 34.8 Å². The topological polar surface area (TPSA) is 114 Å². The highest BCUT2D eigenvalue weighted by atomic mass is 32.2. The maximum Gasteiger partial charge on any atom is 0.406 e. The monoisotopic (exact) mass is 521 g/mol. The number of carbonyl (C=O) groups is 2. The summed E-state index contributed by atoms with van der Waals surface area (Å²) < 4.78 is 73.8. The second-order valence-corrected chi connectivity index (χ2v) is 9.68. The summed E-state index contributed by atoms with van der Waals surface area (Å²) in [6, 6.07) is 7.69. The number of nitrogens with one attached hydrogen (secondary N) is 2. The molecule has 0 saturated heterocycles. The normalized spacial score (nSPS) is 12.0. The van der Waals surface area contributed by atoms with Crippen molar-refractivity contribution in [2.45, 2.75) is 17.1 Å². The number of pyridine rings is 1. The van der Waals surface area contributed by atoms with Crippen molar-refractivity contribution in [2.24, 2.45) is 0 Å². The Morgan fingerprint density at radius 3 is 2.22 bits per heavy atom. The van der Waals surface area contributed by atoms with Gasteiger partial charge in [0.25, 0.3) is 5.91 Å². The molecule has 2 N–H and O–H groups in total. The zero-order chi connectivity index (χ0) is 26.5. The quantitative estimate of drug-likeness (QED) is 0.347. The molecule has 0 spiro atoms. The van der Waals surface area contributed by atoms with Gasteiger partial charge in [-0.1, -0.05) is 0 Å². The van der Waals surface area contributed by atoms with Gasteiger partial charge in [-0.05, 0) is 66.6 Å². The summed E-state index contributed by atoms with van der Waals surface area (Å²) >= 11 is 0. The van der Waals surface area contributed by atoms with E-state index in [0.717, 1.165) is 48.7 Å². The van der Waals surface area contributed by atoms with Gasteiger partial charge in [-0.3, -0.25) is 9.78 Å². The third-order valence-corrected chi connectivity index (χ3v) is 7.28. The highest BCUT2D eigenvalue weighted by Crippen LogP contribution is 2.38. The summed E-state index contributed by atoms with van der Waals surface area (Å²) in [5, 5.41) is 3.19. The lowest BCUT2D eigenvalue weighted by Crippen LogP contribution is -2.35. The fraction of sp³-hybridized carbons (Fsp3) is 0.208. The number of aryl methyl sites for hydroxylation is 1. The van der Waals surface area contributed by atoms with E-state index in [1.54, 1.807) is 0 Å². The molecule has 0 aliphatic heterocycles. The van der Waals surface area contributed by atoms with E-state index in [9.17, 15) is 31.2 Å². The molecule has 0 fully saturated rings. The van der Waals surface area contributed by atoms with Gasteiger partial charge in [0.1, 0.15) is 28.4 Å². The number of alkyl carbamates (subject to hydrolysis) is 1. The molecular formula is C24H22F3N3O5S. The first-order valence-electron chi connectivity index (χ1n) is 10.6. The number of nitrogens with zero attached hydrogens (tertiary/aromatic N) is 1. The number of amides is 2. The maximum atomic E-state index is 14.8. The SMILES string of the molecule is COC(=O)NCCNC(=O)c1cc(C)c(C(c2cc(F)ccc2F)S(=O)(=O)c2ccc(F)cc2)cn1. The molecule has 0 aliphatic rings. The van der Waals surface area contributed by atoms with Gasteiger partial charge in [-0.15, -0.1) is 0 Å². The molecule has 2 aromatic carbocycles. The van der Waals surface area contributed by atoms with Gasteiger partial charge in [0.05, 0.1) is 12.0 Å². The second-order valence-electron chi connectivity index (χ2n) is 7.65. The average Bonchev–Trinajstić information content (AvgIpc) is 2.84. The third-order valence-electron chi connectivity index (χ3n) is 5.22. The standard InChI is InChI=1S/C24H22F3N3O5S/c1-14-11-21(23(31)28-9-10-29-24(32)35-2)30-13-19(14)22(18-12-16(26)5-8-20(18)27)36(33,34)17-6-3-15(25)4-7-17/h3-8,11-13,22H,9-10H2,1-2H3,(H,28,31)(H,29,32). The molecule has 0 bridgehead atoms. The number of aromatic nitrogens is 1. The van der Waals surface area contributed by atoms with Gasteiger partial charge in [0, 0.05) is 24.8 Å². The Morgan fingerprint density at radius 1 is 0.944 bits per heavy atom. The summed E-state index contributed by atoms with van der Waals surface area (Å²) in [6.45, 7) is 1.65. The third kappa shape index (κ3) is 6.00. The van der Waals surface area contributed by atoms with Crippen LogP contribution in [-0.2, 0) is 14.6 Å². The lowest BCUT2D eigenvalue weighted by molar-refractivity contribution is 0.0947. The van der Waals surface area contributed by atoms with E-state index in [1.807, 2.05) is 0 Å². The minimum Gasteiger partial charge on any atom is -0.453 e. The van der Waals surface area contributed by atoms with E-state index < -0.39 is 50.1 Å². The number of rotatable bonds is 8. The van der Waals surface area contributed by atoms with Crippen LogP contribution in [0.5, 0.6) is 0 Å². The molecule has 3 aromatic rings. The van der Waals surface area contributed by atoms with Crippen LogP contribution >= 0.6 is 0 Å². The summed E-state index contributed by atoms with van der Waals surface area (Å²) in [6.07, 6.45) is 0.438. The summed E-state index contributed by atoms with van der Waals surface area (Å²) in [5.41, 5.74) is -0.253. The molecule has 3 rings (SSSR count). The maximum absolute atomic E-state index is 14.8. The fourth-order valence-corrected chi connectivity index (χ4v) is 5.33. The van der Waals surface area contributed by atoms with Crippen molar-refractivity contribution < 1.29 is 35.9 Å². The van der Waals surface area contributed by atoms with Crippen molar-refractivity contribution >= 4 is 21.8 Å². The van der Waals surface area contributed by atoms with Crippen LogP contribution in [0.3, 0.4) is 0 Å². The Kier molecular flexibility index (Phi) is 8.30. The first-order valence-corrected chi connectivity index (χ1v) is 12.1. The lowest BCUT2D eigenvalue weighted by Gasteiger charge is -2.21. The number of hydrogen-bond donors (Lipinski definition) is 2. The molecule has 2 amide bonds. The molecule has 190 valence electrons. The Balaban J connectivity index is 1.99. The van der Waals surface area contributed by atoms with Gasteiger partial charge in [-0.25, -0.2) is 26.4 Å². The van der Waals surface area contributed by atoms with Crippen LogP contribution in [-0.4, -0.2) is 45.6 Å². The number of carbonyl (C=O) groups excluding carboxylic acids is 2. The van der Waals surface area contributed by atoms with Gasteiger partial charge in [0.2, 0.25) is 0 Å². The Labute approximate surface area is 205 Å². The molecule has 0 radical (unpaired) electrons. The highest BCUT2D eigenvalue weighted by Gasteiger charge is 2.35. The van der Waals surface area contributed by atoms with E-state index in [2.05, 4.69) is 20.4 Å². The van der Waals surface area contributed by atoms with E-state index >= 15 is 0 Å². The Hall–Kier alpha value is -3.93. The van der Waals surface area contributed by atoms with Gasteiger partial charge < -0.3 is 15.4 Å². The number of ether oxygens (including phenoxy) is 1. The minimum atomic E-state index is -4.41. The van der Waals surface area contributed by atoms with E-state index in [0.29, 0.717) is 0 Å². The van der Waals surface area contributed by atoms with Crippen molar-refractivity contribution in [1.29, 1.82) is 0 Å². The van der Waals surface area contributed by atoms with Gasteiger partial charge in [0.15, 0.2) is 9.84 Å².